The van der Waals surface area contributed by atoms with E-state index in [4.69, 9.17) is 0 Å². The first kappa shape index (κ1) is 14.1. The number of benzene rings is 1. The number of fused-ring (bicyclic) bond motifs is 1. The van der Waals surface area contributed by atoms with E-state index in [0.717, 1.165) is 19.4 Å². The first-order valence-corrected chi connectivity index (χ1v) is 7.65. The van der Waals surface area contributed by atoms with E-state index in [0.29, 0.717) is 16.8 Å². The second-order valence-electron chi connectivity index (χ2n) is 5.12. The molecule has 0 bridgehead atoms. The van der Waals surface area contributed by atoms with Crippen molar-refractivity contribution in [3.63, 3.8) is 0 Å². The highest BCUT2D eigenvalue weighted by Gasteiger charge is 2.21. The van der Waals surface area contributed by atoms with Crippen molar-refractivity contribution < 1.29 is 9.90 Å². The highest BCUT2D eigenvalue weighted by atomic mass is 79.9. The summed E-state index contributed by atoms with van der Waals surface area (Å²) in [7, 11) is 0. The first-order valence-electron chi connectivity index (χ1n) is 6.86. The van der Waals surface area contributed by atoms with Crippen LogP contribution in [0.5, 0.6) is 0 Å². The summed E-state index contributed by atoms with van der Waals surface area (Å²) in [5, 5.41) is 9.40. The molecule has 5 heteroatoms. The average Bonchev–Trinajstić information content (AvgIpc) is 2.69. The summed E-state index contributed by atoms with van der Waals surface area (Å²) < 4.78 is 0.680. The average molecular weight is 347 g/mol. The van der Waals surface area contributed by atoms with Gasteiger partial charge in [-0.05, 0) is 46.0 Å². The second-order valence-corrected chi connectivity index (χ2v) is 6.04. The molecule has 4 nitrogen and oxygen atoms in total. The largest absolute Gasteiger partial charge is 0.478 e. The fourth-order valence-electron chi connectivity index (χ4n) is 2.72. The Morgan fingerprint density at radius 1 is 1.29 bits per heavy atom. The van der Waals surface area contributed by atoms with Gasteiger partial charge in [0.25, 0.3) is 0 Å². The molecule has 1 aliphatic rings. The Balaban J connectivity index is 2.00. The van der Waals surface area contributed by atoms with Crippen molar-refractivity contribution in [2.24, 2.45) is 0 Å². The third-order valence-corrected chi connectivity index (χ3v) is 4.15. The highest BCUT2D eigenvalue weighted by Crippen LogP contribution is 2.26. The molecule has 3 rings (SSSR count). The van der Waals surface area contributed by atoms with Crippen molar-refractivity contribution in [2.45, 2.75) is 19.4 Å². The Labute approximate surface area is 131 Å². The molecule has 108 valence electrons. The fourth-order valence-corrected chi connectivity index (χ4v) is 3.05. The monoisotopic (exact) mass is 346 g/mol. The molecule has 2 aromatic rings. The van der Waals surface area contributed by atoms with Crippen LogP contribution in [-0.2, 0) is 13.0 Å². The number of aromatic carboxylic acids is 1. The van der Waals surface area contributed by atoms with Gasteiger partial charge < -0.3 is 10.0 Å². The van der Waals surface area contributed by atoms with Gasteiger partial charge in [-0.15, -0.1) is 0 Å². The molecule has 0 atom stereocenters. The lowest BCUT2D eigenvalue weighted by molar-refractivity contribution is 0.0697. The molecule has 1 aromatic carbocycles. The van der Waals surface area contributed by atoms with Crippen LogP contribution < -0.4 is 4.90 Å². The number of nitrogens with zero attached hydrogens (tertiary/aromatic N) is 2. The molecule has 1 aliphatic heterocycles. The summed E-state index contributed by atoms with van der Waals surface area (Å²) >= 11 is 3.29. The predicted molar refractivity (Wildman–Crippen MR) is 84.7 cm³/mol. The van der Waals surface area contributed by atoms with E-state index in [1.54, 1.807) is 12.3 Å². The Morgan fingerprint density at radius 3 is 2.81 bits per heavy atom. The van der Waals surface area contributed by atoms with Gasteiger partial charge in [-0.25, -0.2) is 9.78 Å². The third-order valence-electron chi connectivity index (χ3n) is 3.72. The summed E-state index contributed by atoms with van der Waals surface area (Å²) in [6.45, 7) is 1.51. The molecule has 0 unspecified atom stereocenters. The number of rotatable bonds is 2. The number of carboxylic acid groups (broad SMARTS) is 1. The lowest BCUT2D eigenvalue weighted by atomic mass is 10.0. The van der Waals surface area contributed by atoms with Crippen molar-refractivity contribution in [1.82, 2.24) is 4.98 Å². The van der Waals surface area contributed by atoms with Crippen molar-refractivity contribution >= 4 is 27.7 Å². The molecule has 0 radical (unpaired) electrons. The minimum Gasteiger partial charge on any atom is -0.478 e. The molecular weight excluding hydrogens is 332 g/mol. The second kappa shape index (κ2) is 5.85. The molecule has 0 aliphatic carbocycles. The van der Waals surface area contributed by atoms with Gasteiger partial charge in [-0.3, -0.25) is 0 Å². The number of hydrogen-bond donors (Lipinski definition) is 1. The maximum atomic E-state index is 11.5. The van der Waals surface area contributed by atoms with Crippen molar-refractivity contribution in [2.75, 3.05) is 11.4 Å². The quantitative estimate of drug-likeness (QED) is 0.904. The fraction of sp³-hybridized carbons (Fsp3) is 0.250. The van der Waals surface area contributed by atoms with Crippen LogP contribution in [0.25, 0.3) is 0 Å². The number of anilines is 1. The van der Waals surface area contributed by atoms with Gasteiger partial charge in [0.05, 0.1) is 0 Å². The van der Waals surface area contributed by atoms with Crippen LogP contribution in [0.3, 0.4) is 0 Å². The summed E-state index contributed by atoms with van der Waals surface area (Å²) in [6.07, 6.45) is 3.66. The lowest BCUT2D eigenvalue weighted by Crippen LogP contribution is -2.25. The van der Waals surface area contributed by atoms with Crippen LogP contribution in [-0.4, -0.2) is 22.6 Å². The summed E-state index contributed by atoms with van der Waals surface area (Å²) in [6, 6.07) is 9.94. The number of aromatic nitrogens is 1. The molecule has 1 N–H and O–H groups in total. The zero-order valence-corrected chi connectivity index (χ0v) is 13.0. The standard InChI is InChI=1S/C16H15BrN2O2/c17-13-8-14(16(20)21)15(18-9-13)19-7-3-6-11-4-1-2-5-12(11)10-19/h1-2,4-5,8-9H,3,6-7,10H2,(H,20,21). The molecule has 0 amide bonds. The molecule has 2 heterocycles. The van der Waals surface area contributed by atoms with Gasteiger partial charge in [0.1, 0.15) is 11.4 Å². The maximum Gasteiger partial charge on any atom is 0.339 e. The number of carboxylic acids is 1. The molecular formula is C16H15BrN2O2. The van der Waals surface area contributed by atoms with Crippen molar-refractivity contribution in [1.29, 1.82) is 0 Å². The zero-order chi connectivity index (χ0) is 14.8. The smallest absolute Gasteiger partial charge is 0.339 e. The molecule has 0 saturated carbocycles. The van der Waals surface area contributed by atoms with Crippen LogP contribution in [0, 0.1) is 0 Å². The van der Waals surface area contributed by atoms with E-state index in [2.05, 4.69) is 44.0 Å². The topological polar surface area (TPSA) is 53.4 Å². The summed E-state index contributed by atoms with van der Waals surface area (Å²) in [5.74, 6) is -0.404. The van der Waals surface area contributed by atoms with Crippen LogP contribution in [0.1, 0.15) is 27.9 Å². The van der Waals surface area contributed by atoms with E-state index in [1.165, 1.54) is 11.1 Å². The minimum absolute atomic E-state index is 0.240. The van der Waals surface area contributed by atoms with E-state index in [9.17, 15) is 9.90 Å². The number of halogens is 1. The van der Waals surface area contributed by atoms with Gasteiger partial charge in [-0.1, -0.05) is 24.3 Å². The van der Waals surface area contributed by atoms with Gasteiger partial charge in [0.15, 0.2) is 0 Å². The van der Waals surface area contributed by atoms with E-state index in [-0.39, 0.29) is 5.56 Å². The van der Waals surface area contributed by atoms with Crippen LogP contribution in [0.2, 0.25) is 0 Å². The van der Waals surface area contributed by atoms with E-state index >= 15 is 0 Å². The maximum absolute atomic E-state index is 11.5. The van der Waals surface area contributed by atoms with Crippen molar-refractivity contribution in [3.8, 4) is 0 Å². The third kappa shape index (κ3) is 2.93. The Morgan fingerprint density at radius 2 is 2.05 bits per heavy atom. The normalized spacial score (nSPS) is 14.4. The summed E-state index contributed by atoms with van der Waals surface area (Å²) in [4.78, 5) is 17.9. The SMILES string of the molecule is O=C(O)c1cc(Br)cnc1N1CCCc2ccccc2C1. The first-order chi connectivity index (χ1) is 10.1. The molecule has 0 spiro atoms. The number of carbonyl (C=O) groups is 1. The zero-order valence-electron chi connectivity index (χ0n) is 11.4. The number of aryl methyl sites for hydroxylation is 1. The van der Waals surface area contributed by atoms with E-state index < -0.39 is 5.97 Å². The Hall–Kier alpha value is -1.88. The lowest BCUT2D eigenvalue weighted by Gasteiger charge is -2.23. The summed E-state index contributed by atoms with van der Waals surface area (Å²) in [5.41, 5.74) is 2.83. The van der Waals surface area contributed by atoms with Gasteiger partial charge in [0, 0.05) is 23.8 Å². The molecule has 0 fully saturated rings. The number of hydrogen-bond acceptors (Lipinski definition) is 3. The Bertz CT molecular complexity index is 688. The van der Waals surface area contributed by atoms with Gasteiger partial charge >= 0.3 is 5.97 Å². The van der Waals surface area contributed by atoms with Gasteiger partial charge in [-0.2, -0.15) is 0 Å². The molecule has 0 saturated heterocycles. The highest BCUT2D eigenvalue weighted by molar-refractivity contribution is 9.10. The molecule has 1 aromatic heterocycles. The number of pyridine rings is 1. The van der Waals surface area contributed by atoms with Crippen LogP contribution >= 0.6 is 15.9 Å². The van der Waals surface area contributed by atoms with Crippen LogP contribution in [0.15, 0.2) is 41.0 Å². The van der Waals surface area contributed by atoms with Crippen LogP contribution in [0.4, 0.5) is 5.82 Å². The van der Waals surface area contributed by atoms with Gasteiger partial charge in [0.2, 0.25) is 0 Å². The van der Waals surface area contributed by atoms with Crippen molar-refractivity contribution in [3.05, 3.63) is 57.7 Å². The van der Waals surface area contributed by atoms with E-state index in [1.807, 2.05) is 6.07 Å². The predicted octanol–water partition coefficient (Wildman–Crippen LogP) is 3.50. The minimum atomic E-state index is -0.948. The Kier molecular flexibility index (Phi) is 3.92. The molecule has 21 heavy (non-hydrogen) atoms.